The van der Waals surface area contributed by atoms with Crippen molar-refractivity contribution in [3.8, 4) is 0 Å². The molecule has 1 saturated heterocycles. The number of nitrogen functional groups attached to an aromatic ring is 1. The Labute approximate surface area is 188 Å². The van der Waals surface area contributed by atoms with Gasteiger partial charge in [0.25, 0.3) is 11.8 Å². The Balaban J connectivity index is 0.00000420. The Morgan fingerprint density at radius 2 is 2.03 bits per heavy atom. The van der Waals surface area contributed by atoms with Gasteiger partial charge in [-0.1, -0.05) is 5.16 Å². The van der Waals surface area contributed by atoms with Crippen LogP contribution in [-0.4, -0.2) is 105 Å². The number of hydrogen-bond donors (Lipinski definition) is 5. The second-order valence-corrected chi connectivity index (χ2v) is 7.27. The molecule has 2 heterocycles. The summed E-state index contributed by atoms with van der Waals surface area (Å²) < 4.78 is 31.1. The number of nitrogens with one attached hydrogen (secondary N) is 1. The number of oxime groups is 1. The van der Waals surface area contributed by atoms with Gasteiger partial charge < -0.3 is 26.7 Å². The number of aromatic nitrogens is 1. The average Bonchev–Trinajstić information content (AvgIpc) is 2.97. The molecule has 0 unspecified atom stereocenters. The number of thiazole rings is 1. The van der Waals surface area contributed by atoms with E-state index in [0.717, 1.165) is 11.3 Å². The second kappa shape index (κ2) is 9.46. The minimum absolute atomic E-state index is 0. The van der Waals surface area contributed by atoms with E-state index in [1.807, 2.05) is 5.32 Å². The molecule has 1 aliphatic heterocycles. The number of primary amides is 1. The van der Waals surface area contributed by atoms with Gasteiger partial charge in [-0.3, -0.25) is 18.9 Å². The van der Waals surface area contributed by atoms with Crippen molar-refractivity contribution in [2.24, 2.45) is 10.9 Å². The molecule has 1 aliphatic rings. The van der Waals surface area contributed by atoms with Gasteiger partial charge in [-0.05, 0) is 0 Å². The quantitative estimate of drug-likeness (QED) is 0.0819. The first kappa shape index (κ1) is 24.7. The summed E-state index contributed by atoms with van der Waals surface area (Å²) in [4.78, 5) is 54.5. The maximum atomic E-state index is 12.4. The third-order valence-electron chi connectivity index (χ3n) is 3.20. The van der Waals surface area contributed by atoms with Crippen molar-refractivity contribution in [2.75, 3.05) is 12.3 Å². The van der Waals surface area contributed by atoms with E-state index < -0.39 is 58.4 Å². The number of amides is 3. The van der Waals surface area contributed by atoms with E-state index in [-0.39, 0.29) is 44.7 Å². The molecular formula is C11H13N6NaO9S2. The van der Waals surface area contributed by atoms with Crippen LogP contribution in [-0.2, 0) is 34.3 Å². The first-order valence-corrected chi connectivity index (χ1v) is 9.25. The predicted molar refractivity (Wildman–Crippen MR) is 97.1 cm³/mol. The number of β-lactam (4-membered cyclic amide) rings is 1. The molecule has 0 radical (unpaired) electrons. The molecule has 18 heteroatoms. The number of carbonyl (C=O) groups excluding carboxylic acids is 3. The fraction of sp³-hybridized carbons (Fsp3) is 0.273. The molecule has 29 heavy (non-hydrogen) atoms. The molecule has 154 valence electrons. The van der Waals surface area contributed by atoms with E-state index in [1.54, 1.807) is 0 Å². The number of anilines is 1. The van der Waals surface area contributed by atoms with Gasteiger partial charge in [0.2, 0.25) is 12.5 Å². The van der Waals surface area contributed by atoms with Crippen LogP contribution in [0.3, 0.4) is 0 Å². The zero-order chi connectivity index (χ0) is 21.2. The molecule has 0 aromatic carbocycles. The third-order valence-corrected chi connectivity index (χ3v) is 4.78. The Morgan fingerprint density at radius 1 is 1.41 bits per heavy atom. The van der Waals surface area contributed by atoms with Crippen LogP contribution < -0.4 is 16.8 Å². The fourth-order valence-corrected chi connectivity index (χ4v) is 3.50. The van der Waals surface area contributed by atoms with Gasteiger partial charge in [0.05, 0.1) is 0 Å². The van der Waals surface area contributed by atoms with Crippen molar-refractivity contribution in [2.45, 2.75) is 12.1 Å². The van der Waals surface area contributed by atoms with Crippen LogP contribution in [0.25, 0.3) is 0 Å². The van der Waals surface area contributed by atoms with Crippen LogP contribution in [0.4, 0.5) is 5.13 Å². The molecule has 0 aliphatic carbocycles. The van der Waals surface area contributed by atoms with Crippen molar-refractivity contribution in [1.29, 1.82) is 0 Å². The second-order valence-electron chi connectivity index (χ2n) is 5.09. The molecule has 0 spiro atoms. The Kier molecular flexibility index (Phi) is 8.07. The monoisotopic (exact) mass is 460 g/mol. The zero-order valence-corrected chi connectivity index (χ0v) is 15.1. The van der Waals surface area contributed by atoms with E-state index in [0.29, 0.717) is 0 Å². The van der Waals surface area contributed by atoms with Crippen molar-refractivity contribution < 1.29 is 42.1 Å². The van der Waals surface area contributed by atoms with E-state index >= 15 is 0 Å². The molecule has 0 bridgehead atoms. The number of carboxylic acid groups (broad SMARTS) is 1. The topological polar surface area (TPSA) is 245 Å². The van der Waals surface area contributed by atoms with Crippen LogP contribution in [0.1, 0.15) is 5.69 Å². The number of rotatable bonds is 8. The summed E-state index contributed by atoms with van der Waals surface area (Å²) in [6, 6.07) is -3.61. The van der Waals surface area contributed by atoms with Crippen molar-refractivity contribution in [1.82, 2.24) is 14.6 Å². The van der Waals surface area contributed by atoms with Crippen LogP contribution >= 0.6 is 11.3 Å². The van der Waals surface area contributed by atoms with Crippen LogP contribution in [0, 0.1) is 0 Å². The standard InChI is InChI=1S/C11H12N6O9S2.Na.H/c12-8(20)7-6(10(22)17(7)28(23,24)25)15-9(21)5(16-26-1-4(18)19)3-2-27-11(13)14-3;;/h2,6-7H,1H2,(H2,12,20)(H2,13,14)(H,15,21)(H,18,19)(H,23,24,25);;/b16-5-;;/t6-,7-;;/m0../s1. The van der Waals surface area contributed by atoms with Gasteiger partial charge in [-0.2, -0.15) is 12.7 Å². The minimum atomic E-state index is -5.09. The van der Waals surface area contributed by atoms with Crippen molar-refractivity contribution in [3.05, 3.63) is 11.1 Å². The summed E-state index contributed by atoms with van der Waals surface area (Å²) in [5, 5.41) is 15.2. The summed E-state index contributed by atoms with van der Waals surface area (Å²) in [7, 11) is -5.09. The van der Waals surface area contributed by atoms with Crippen molar-refractivity contribution >= 4 is 85.7 Å². The number of nitrogens with two attached hydrogens (primary N) is 2. The van der Waals surface area contributed by atoms with Crippen molar-refractivity contribution in [3.63, 3.8) is 0 Å². The van der Waals surface area contributed by atoms with E-state index in [9.17, 15) is 27.6 Å². The molecule has 2 atom stereocenters. The zero-order valence-electron chi connectivity index (χ0n) is 13.5. The fourth-order valence-electron chi connectivity index (χ4n) is 2.10. The first-order chi connectivity index (χ1) is 12.9. The molecule has 3 amide bonds. The van der Waals surface area contributed by atoms with Crippen LogP contribution in [0.2, 0.25) is 0 Å². The normalized spacial score (nSPS) is 19.0. The summed E-state index contributed by atoms with van der Waals surface area (Å²) in [5.41, 5.74) is 9.72. The third kappa shape index (κ3) is 5.61. The number of carbonyl (C=O) groups is 4. The Morgan fingerprint density at radius 3 is 2.48 bits per heavy atom. The van der Waals surface area contributed by atoms with E-state index in [1.165, 1.54) is 5.38 Å². The molecule has 2 rings (SSSR count). The van der Waals surface area contributed by atoms with Gasteiger partial charge in [-0.25, -0.2) is 9.78 Å². The van der Waals surface area contributed by atoms with Gasteiger partial charge >= 0.3 is 45.8 Å². The number of hydrogen-bond acceptors (Lipinski definition) is 11. The predicted octanol–water partition coefficient (Wildman–Crippen LogP) is -4.13. The first-order valence-electron chi connectivity index (χ1n) is 6.97. The molecule has 1 fully saturated rings. The molecular weight excluding hydrogens is 447 g/mol. The Bertz CT molecular complexity index is 977. The summed E-state index contributed by atoms with van der Waals surface area (Å²) in [6.45, 7) is -0.904. The van der Waals surface area contributed by atoms with Crippen LogP contribution in [0.15, 0.2) is 10.5 Å². The van der Waals surface area contributed by atoms with E-state index in [2.05, 4.69) is 15.0 Å². The molecule has 1 aromatic heterocycles. The molecule has 1 aromatic rings. The SMILES string of the molecule is NC(=O)[C@@H]1[C@H](NC(=O)/C(=N\OCC(=O)O)c2csc(N)n2)C(=O)N1S(=O)(=O)O.[NaH]. The Hall–Kier alpha value is -2.31. The summed E-state index contributed by atoms with van der Waals surface area (Å²) in [6.07, 6.45) is 0. The van der Waals surface area contributed by atoms with Gasteiger partial charge in [0, 0.05) is 5.38 Å². The number of carboxylic acids is 1. The summed E-state index contributed by atoms with van der Waals surface area (Å²) in [5.74, 6) is -5.22. The molecule has 7 N–H and O–H groups in total. The summed E-state index contributed by atoms with van der Waals surface area (Å²) >= 11 is 0.911. The van der Waals surface area contributed by atoms with Gasteiger partial charge in [0.15, 0.2) is 16.9 Å². The average molecular weight is 460 g/mol. The molecule has 0 saturated carbocycles. The van der Waals surface area contributed by atoms with E-state index in [4.69, 9.17) is 21.1 Å². The maximum absolute atomic E-state index is 12.4. The van der Waals surface area contributed by atoms with Gasteiger partial charge in [0.1, 0.15) is 11.7 Å². The number of nitrogens with zero attached hydrogens (tertiary/aromatic N) is 3. The van der Waals surface area contributed by atoms with Crippen LogP contribution in [0.5, 0.6) is 0 Å². The van der Waals surface area contributed by atoms with Gasteiger partial charge in [-0.15, -0.1) is 11.3 Å². The molecule has 15 nitrogen and oxygen atoms in total. The number of aliphatic carboxylic acids is 1.